The molecule has 3 heterocycles. The molecule has 1 saturated heterocycles. The SMILES string of the molecule is Cc1csc2nc(CN3CCC[C@@H](CNC(N)=O)C3)cc(=O)n12. The van der Waals surface area contributed by atoms with Crippen molar-refractivity contribution in [2.45, 2.75) is 26.3 Å². The van der Waals surface area contributed by atoms with Gasteiger partial charge in [0.15, 0.2) is 4.96 Å². The number of hydrogen-bond donors (Lipinski definition) is 2. The molecule has 1 atom stereocenters. The third-order valence-electron chi connectivity index (χ3n) is 4.18. The van der Waals surface area contributed by atoms with Crippen LogP contribution in [0.25, 0.3) is 4.96 Å². The van der Waals surface area contributed by atoms with Gasteiger partial charge in [0.25, 0.3) is 5.56 Å². The van der Waals surface area contributed by atoms with Crippen LogP contribution in [0.15, 0.2) is 16.2 Å². The number of thiazole rings is 1. The largest absolute Gasteiger partial charge is 0.352 e. The molecule has 1 aliphatic heterocycles. The molecule has 3 rings (SSSR count). The van der Waals surface area contributed by atoms with E-state index in [2.05, 4.69) is 15.2 Å². The molecule has 0 spiro atoms. The second-order valence-corrected chi connectivity index (χ2v) is 6.91. The Bertz CT molecular complexity index is 769. The number of fused-ring (bicyclic) bond motifs is 1. The molecular formula is C15H21N5O2S. The van der Waals surface area contributed by atoms with Crippen molar-refractivity contribution >= 4 is 22.3 Å². The number of nitrogens with two attached hydrogens (primary N) is 1. The lowest BCUT2D eigenvalue weighted by atomic mass is 9.98. The van der Waals surface area contributed by atoms with Crippen LogP contribution in [0.3, 0.4) is 0 Å². The number of rotatable bonds is 4. The van der Waals surface area contributed by atoms with Crippen molar-refractivity contribution in [1.82, 2.24) is 19.6 Å². The molecule has 0 aliphatic carbocycles. The van der Waals surface area contributed by atoms with Crippen LogP contribution in [0.1, 0.15) is 24.2 Å². The lowest BCUT2D eigenvalue weighted by Gasteiger charge is -2.32. The highest BCUT2D eigenvalue weighted by molar-refractivity contribution is 7.15. The van der Waals surface area contributed by atoms with Crippen molar-refractivity contribution < 1.29 is 4.79 Å². The third-order valence-corrected chi connectivity index (χ3v) is 5.13. The van der Waals surface area contributed by atoms with E-state index in [-0.39, 0.29) is 5.56 Å². The summed E-state index contributed by atoms with van der Waals surface area (Å²) in [4.78, 5) is 30.7. The van der Waals surface area contributed by atoms with Gasteiger partial charge in [-0.15, -0.1) is 11.3 Å². The molecular weight excluding hydrogens is 314 g/mol. The second kappa shape index (κ2) is 6.67. The highest BCUT2D eigenvalue weighted by Gasteiger charge is 2.21. The van der Waals surface area contributed by atoms with Crippen LogP contribution in [-0.2, 0) is 6.54 Å². The number of urea groups is 1. The summed E-state index contributed by atoms with van der Waals surface area (Å²) in [6.07, 6.45) is 2.15. The van der Waals surface area contributed by atoms with Crippen LogP contribution in [-0.4, -0.2) is 39.9 Å². The number of amides is 2. The monoisotopic (exact) mass is 335 g/mol. The Hall–Kier alpha value is -1.93. The fourth-order valence-corrected chi connectivity index (χ4v) is 4.01. The van der Waals surface area contributed by atoms with Crippen molar-refractivity contribution in [2.24, 2.45) is 11.7 Å². The molecule has 0 aromatic carbocycles. The summed E-state index contributed by atoms with van der Waals surface area (Å²) in [6.45, 7) is 5.04. The van der Waals surface area contributed by atoms with Crippen LogP contribution in [0.4, 0.5) is 4.79 Å². The van der Waals surface area contributed by atoms with Crippen LogP contribution in [0, 0.1) is 12.8 Å². The van der Waals surface area contributed by atoms with Gasteiger partial charge in [0, 0.05) is 36.8 Å². The highest BCUT2D eigenvalue weighted by Crippen LogP contribution is 2.18. The maximum atomic E-state index is 12.2. The molecule has 3 N–H and O–H groups in total. The van der Waals surface area contributed by atoms with Gasteiger partial charge in [-0.3, -0.25) is 14.1 Å². The number of carbonyl (C=O) groups is 1. The minimum Gasteiger partial charge on any atom is -0.352 e. The van der Waals surface area contributed by atoms with Crippen molar-refractivity contribution in [2.75, 3.05) is 19.6 Å². The van der Waals surface area contributed by atoms with Gasteiger partial charge in [-0.25, -0.2) is 9.78 Å². The standard InChI is InChI=1S/C15H21N5O2S/c1-10-9-23-15-18-12(5-13(21)20(10)15)8-19-4-2-3-11(7-19)6-17-14(16)22/h5,9,11H,2-4,6-8H2,1H3,(H3,16,17,22)/t11-/m0/s1. The summed E-state index contributed by atoms with van der Waals surface area (Å²) in [5.41, 5.74) is 6.84. The summed E-state index contributed by atoms with van der Waals surface area (Å²) in [6, 6.07) is 1.15. The zero-order valence-corrected chi connectivity index (χ0v) is 13.9. The number of primary amides is 1. The maximum absolute atomic E-state index is 12.2. The molecule has 0 bridgehead atoms. The number of nitrogens with one attached hydrogen (secondary N) is 1. The zero-order valence-electron chi connectivity index (χ0n) is 13.1. The van der Waals surface area contributed by atoms with Crippen LogP contribution in [0.5, 0.6) is 0 Å². The second-order valence-electron chi connectivity index (χ2n) is 6.07. The first kappa shape index (κ1) is 15.9. The van der Waals surface area contributed by atoms with E-state index in [9.17, 15) is 9.59 Å². The minimum absolute atomic E-state index is 0.0206. The van der Waals surface area contributed by atoms with Crippen molar-refractivity contribution in [3.8, 4) is 0 Å². The molecule has 2 aromatic heterocycles. The van der Waals surface area contributed by atoms with Gasteiger partial charge in [0.05, 0.1) is 5.69 Å². The predicted octanol–water partition coefficient (Wildman–Crippen LogP) is 0.945. The molecule has 2 aromatic rings. The van der Waals surface area contributed by atoms with Gasteiger partial charge >= 0.3 is 6.03 Å². The number of hydrogen-bond acceptors (Lipinski definition) is 5. The Morgan fingerprint density at radius 2 is 2.39 bits per heavy atom. The number of likely N-dealkylation sites (tertiary alicyclic amines) is 1. The Labute approximate surface area is 138 Å². The molecule has 1 fully saturated rings. The molecule has 8 heteroatoms. The smallest absolute Gasteiger partial charge is 0.312 e. The molecule has 7 nitrogen and oxygen atoms in total. The zero-order chi connectivity index (χ0) is 16.4. The van der Waals surface area contributed by atoms with Crippen LogP contribution in [0.2, 0.25) is 0 Å². The van der Waals surface area contributed by atoms with Crippen molar-refractivity contribution in [3.63, 3.8) is 0 Å². The lowest BCUT2D eigenvalue weighted by Crippen LogP contribution is -2.42. The lowest BCUT2D eigenvalue weighted by molar-refractivity contribution is 0.164. The summed E-state index contributed by atoms with van der Waals surface area (Å²) in [7, 11) is 0. The van der Waals surface area contributed by atoms with E-state index >= 15 is 0 Å². The first-order valence-electron chi connectivity index (χ1n) is 7.75. The Morgan fingerprint density at radius 3 is 3.17 bits per heavy atom. The van der Waals surface area contributed by atoms with Crippen molar-refractivity contribution in [1.29, 1.82) is 0 Å². The molecule has 1 aliphatic rings. The summed E-state index contributed by atoms with van der Waals surface area (Å²) < 4.78 is 1.64. The highest BCUT2D eigenvalue weighted by atomic mass is 32.1. The molecule has 23 heavy (non-hydrogen) atoms. The van der Waals surface area contributed by atoms with Gasteiger partial charge in [0.1, 0.15) is 0 Å². The van der Waals surface area contributed by atoms with Gasteiger partial charge in [0.2, 0.25) is 0 Å². The van der Waals surface area contributed by atoms with Gasteiger partial charge < -0.3 is 11.1 Å². The van der Waals surface area contributed by atoms with Gasteiger partial charge in [-0.2, -0.15) is 0 Å². The maximum Gasteiger partial charge on any atom is 0.312 e. The van der Waals surface area contributed by atoms with E-state index in [1.165, 1.54) is 11.3 Å². The van der Waals surface area contributed by atoms with Gasteiger partial charge in [-0.1, -0.05) is 0 Å². The molecule has 2 amide bonds. The number of nitrogens with zero attached hydrogens (tertiary/aromatic N) is 3. The molecule has 124 valence electrons. The number of carbonyl (C=O) groups excluding carboxylic acids is 1. The average molecular weight is 335 g/mol. The topological polar surface area (TPSA) is 92.7 Å². The van der Waals surface area contributed by atoms with Crippen LogP contribution >= 0.6 is 11.3 Å². The first-order chi connectivity index (χ1) is 11.0. The quantitative estimate of drug-likeness (QED) is 0.870. The van der Waals surface area contributed by atoms with E-state index in [0.29, 0.717) is 19.0 Å². The normalized spacial score (nSPS) is 19.1. The Morgan fingerprint density at radius 1 is 1.57 bits per heavy atom. The Kier molecular flexibility index (Phi) is 4.63. The number of aromatic nitrogens is 2. The average Bonchev–Trinajstić information content (AvgIpc) is 2.87. The van der Waals surface area contributed by atoms with Crippen molar-refractivity contribution in [3.05, 3.63) is 33.2 Å². The van der Waals surface area contributed by atoms with E-state index in [4.69, 9.17) is 5.73 Å². The fourth-order valence-electron chi connectivity index (χ4n) is 3.12. The molecule has 0 saturated carbocycles. The summed E-state index contributed by atoms with van der Waals surface area (Å²) in [5.74, 6) is 0.394. The predicted molar refractivity (Wildman–Crippen MR) is 89.7 cm³/mol. The van der Waals surface area contributed by atoms with E-state index in [1.54, 1.807) is 10.5 Å². The summed E-state index contributed by atoms with van der Waals surface area (Å²) in [5, 5.41) is 4.62. The van der Waals surface area contributed by atoms with E-state index < -0.39 is 6.03 Å². The van der Waals surface area contributed by atoms with Crippen LogP contribution < -0.4 is 16.6 Å². The van der Waals surface area contributed by atoms with E-state index in [0.717, 1.165) is 42.3 Å². The fraction of sp³-hybridized carbons (Fsp3) is 0.533. The summed E-state index contributed by atoms with van der Waals surface area (Å²) >= 11 is 1.49. The van der Waals surface area contributed by atoms with E-state index in [1.807, 2.05) is 12.3 Å². The first-order valence-corrected chi connectivity index (χ1v) is 8.63. The molecule has 0 unspecified atom stereocenters. The number of aryl methyl sites for hydroxylation is 1. The Balaban J connectivity index is 1.69. The number of piperidine rings is 1. The third kappa shape index (κ3) is 3.70. The minimum atomic E-state index is -0.477. The molecule has 0 radical (unpaired) electrons. The van der Waals surface area contributed by atoms with Gasteiger partial charge in [-0.05, 0) is 32.2 Å².